The summed E-state index contributed by atoms with van der Waals surface area (Å²) < 4.78 is 0. The van der Waals surface area contributed by atoms with Crippen LogP contribution in [0.5, 0.6) is 0 Å². The van der Waals surface area contributed by atoms with Gasteiger partial charge >= 0.3 is 0 Å². The quantitative estimate of drug-likeness (QED) is 0.861. The van der Waals surface area contributed by atoms with Crippen molar-refractivity contribution in [3.05, 3.63) is 29.3 Å². The summed E-state index contributed by atoms with van der Waals surface area (Å²) in [5.41, 5.74) is 10.2. The van der Waals surface area contributed by atoms with Gasteiger partial charge in [-0.2, -0.15) is 0 Å². The average molecular weight is 230 g/mol. The maximum absolute atomic E-state index is 5.74. The van der Waals surface area contributed by atoms with Gasteiger partial charge in [0.25, 0.3) is 0 Å². The molecule has 1 saturated carbocycles. The third kappa shape index (κ3) is 2.19. The molecule has 1 fully saturated rings. The Morgan fingerprint density at radius 1 is 1.41 bits per heavy atom. The summed E-state index contributed by atoms with van der Waals surface area (Å²) in [6.07, 6.45) is 4.09. The largest absolute Gasteiger partial charge is 0.371 e. The Morgan fingerprint density at radius 2 is 2.24 bits per heavy atom. The van der Waals surface area contributed by atoms with Crippen LogP contribution in [0.1, 0.15) is 36.8 Å². The number of hydrogen-bond donors (Lipinski definition) is 1. The minimum atomic E-state index is 0.484. The van der Waals surface area contributed by atoms with Crippen molar-refractivity contribution in [2.45, 2.75) is 32.1 Å². The molecule has 1 aromatic carbocycles. The molecule has 0 radical (unpaired) electrons. The van der Waals surface area contributed by atoms with Crippen molar-refractivity contribution in [2.75, 3.05) is 24.5 Å². The standard InChI is InChI=1S/C15H22N2/c1-11(9-16)13-4-5-15-14(8-13)6-7-17(15)10-12-2-3-12/h4-5,8,11-12H,2-3,6-7,9-10,16H2,1H3. The molecule has 1 atom stereocenters. The first-order chi connectivity index (χ1) is 8.28. The van der Waals surface area contributed by atoms with Gasteiger partial charge in [0.2, 0.25) is 0 Å². The number of fused-ring (bicyclic) bond motifs is 1. The van der Waals surface area contributed by atoms with Gasteiger partial charge in [0.1, 0.15) is 0 Å². The van der Waals surface area contributed by atoms with Crippen LogP contribution in [-0.2, 0) is 6.42 Å². The monoisotopic (exact) mass is 230 g/mol. The lowest BCUT2D eigenvalue weighted by molar-refractivity contribution is 0.747. The van der Waals surface area contributed by atoms with Gasteiger partial charge in [-0.3, -0.25) is 0 Å². The van der Waals surface area contributed by atoms with E-state index in [1.54, 1.807) is 0 Å². The lowest BCUT2D eigenvalue weighted by atomic mass is 9.98. The molecular weight excluding hydrogens is 208 g/mol. The molecule has 92 valence electrons. The fourth-order valence-electron chi connectivity index (χ4n) is 2.73. The van der Waals surface area contributed by atoms with Crippen LogP contribution in [-0.4, -0.2) is 19.6 Å². The number of rotatable bonds is 4. The molecule has 0 aromatic heterocycles. The van der Waals surface area contributed by atoms with E-state index in [2.05, 4.69) is 30.0 Å². The van der Waals surface area contributed by atoms with Gasteiger partial charge in [-0.05, 0) is 54.8 Å². The predicted molar refractivity (Wildman–Crippen MR) is 72.6 cm³/mol. The van der Waals surface area contributed by atoms with Crippen molar-refractivity contribution in [1.82, 2.24) is 0 Å². The molecule has 2 nitrogen and oxygen atoms in total. The summed E-state index contributed by atoms with van der Waals surface area (Å²) in [6, 6.07) is 6.95. The molecule has 17 heavy (non-hydrogen) atoms. The lowest BCUT2D eigenvalue weighted by Gasteiger charge is -2.19. The Hall–Kier alpha value is -1.02. The molecule has 2 N–H and O–H groups in total. The highest BCUT2D eigenvalue weighted by molar-refractivity contribution is 5.59. The minimum absolute atomic E-state index is 0.484. The van der Waals surface area contributed by atoms with E-state index in [1.165, 1.54) is 49.2 Å². The van der Waals surface area contributed by atoms with Crippen LogP contribution in [0.4, 0.5) is 5.69 Å². The molecule has 1 aliphatic heterocycles. The summed E-state index contributed by atoms with van der Waals surface area (Å²) in [5, 5.41) is 0. The Kier molecular flexibility index (Phi) is 2.83. The molecule has 3 rings (SSSR count). The number of nitrogens with two attached hydrogens (primary N) is 1. The molecule has 0 spiro atoms. The summed E-state index contributed by atoms with van der Waals surface area (Å²) in [6.45, 7) is 5.44. The van der Waals surface area contributed by atoms with Crippen LogP contribution in [0.25, 0.3) is 0 Å². The first-order valence-corrected chi connectivity index (χ1v) is 6.85. The Balaban J connectivity index is 1.80. The SMILES string of the molecule is CC(CN)c1ccc2c(c1)CCN2CC1CC1. The van der Waals surface area contributed by atoms with Gasteiger partial charge in [-0.25, -0.2) is 0 Å². The normalized spacial score (nSPS) is 20.5. The zero-order valence-electron chi connectivity index (χ0n) is 10.7. The predicted octanol–water partition coefficient (Wildman–Crippen LogP) is 2.52. The Labute approximate surface area is 104 Å². The van der Waals surface area contributed by atoms with Crippen LogP contribution in [0, 0.1) is 5.92 Å². The second-order valence-electron chi connectivity index (χ2n) is 5.66. The Bertz CT molecular complexity index is 409. The average Bonchev–Trinajstić information content (AvgIpc) is 3.09. The maximum Gasteiger partial charge on any atom is 0.0399 e. The van der Waals surface area contributed by atoms with E-state index in [0.29, 0.717) is 5.92 Å². The first-order valence-electron chi connectivity index (χ1n) is 6.85. The zero-order chi connectivity index (χ0) is 11.8. The molecule has 0 amide bonds. The second kappa shape index (κ2) is 4.34. The summed E-state index contributed by atoms with van der Waals surface area (Å²) >= 11 is 0. The Morgan fingerprint density at radius 3 is 2.94 bits per heavy atom. The maximum atomic E-state index is 5.74. The molecular formula is C15H22N2. The van der Waals surface area contributed by atoms with Gasteiger partial charge in [0.05, 0.1) is 0 Å². The number of benzene rings is 1. The number of hydrogen-bond acceptors (Lipinski definition) is 2. The number of nitrogens with zero attached hydrogens (tertiary/aromatic N) is 1. The van der Waals surface area contributed by atoms with Crippen molar-refractivity contribution in [1.29, 1.82) is 0 Å². The van der Waals surface area contributed by atoms with Crippen LogP contribution in [0.2, 0.25) is 0 Å². The highest BCUT2D eigenvalue weighted by atomic mass is 15.2. The third-order valence-corrected chi connectivity index (χ3v) is 4.19. The number of anilines is 1. The van der Waals surface area contributed by atoms with Gasteiger partial charge in [-0.15, -0.1) is 0 Å². The van der Waals surface area contributed by atoms with Crippen molar-refractivity contribution >= 4 is 5.69 Å². The van der Waals surface area contributed by atoms with E-state index in [9.17, 15) is 0 Å². The molecule has 0 saturated heterocycles. The smallest absolute Gasteiger partial charge is 0.0399 e. The highest BCUT2D eigenvalue weighted by Gasteiger charge is 2.28. The van der Waals surface area contributed by atoms with Gasteiger partial charge < -0.3 is 10.6 Å². The fraction of sp³-hybridized carbons (Fsp3) is 0.600. The van der Waals surface area contributed by atoms with E-state index in [1.807, 2.05) is 0 Å². The topological polar surface area (TPSA) is 29.3 Å². The summed E-state index contributed by atoms with van der Waals surface area (Å²) in [4.78, 5) is 2.57. The van der Waals surface area contributed by atoms with Crippen molar-refractivity contribution in [3.8, 4) is 0 Å². The van der Waals surface area contributed by atoms with Crippen molar-refractivity contribution < 1.29 is 0 Å². The minimum Gasteiger partial charge on any atom is -0.371 e. The molecule has 1 heterocycles. The van der Waals surface area contributed by atoms with Gasteiger partial charge in [-0.1, -0.05) is 19.1 Å². The molecule has 2 heteroatoms. The van der Waals surface area contributed by atoms with E-state index in [4.69, 9.17) is 5.73 Å². The van der Waals surface area contributed by atoms with Crippen LogP contribution < -0.4 is 10.6 Å². The molecule has 0 bridgehead atoms. The van der Waals surface area contributed by atoms with Crippen LogP contribution in [0.3, 0.4) is 0 Å². The van der Waals surface area contributed by atoms with E-state index >= 15 is 0 Å². The van der Waals surface area contributed by atoms with Gasteiger partial charge in [0.15, 0.2) is 0 Å². The van der Waals surface area contributed by atoms with Crippen molar-refractivity contribution in [3.63, 3.8) is 0 Å². The van der Waals surface area contributed by atoms with Gasteiger partial charge in [0, 0.05) is 18.8 Å². The van der Waals surface area contributed by atoms with E-state index in [0.717, 1.165) is 12.5 Å². The summed E-state index contributed by atoms with van der Waals surface area (Å²) in [7, 11) is 0. The van der Waals surface area contributed by atoms with E-state index < -0.39 is 0 Å². The van der Waals surface area contributed by atoms with E-state index in [-0.39, 0.29) is 0 Å². The first kappa shape index (κ1) is 11.1. The molecule has 1 aliphatic carbocycles. The highest BCUT2D eigenvalue weighted by Crippen LogP contribution is 2.36. The lowest BCUT2D eigenvalue weighted by Crippen LogP contribution is -2.22. The molecule has 1 aromatic rings. The fourth-order valence-corrected chi connectivity index (χ4v) is 2.73. The van der Waals surface area contributed by atoms with Crippen LogP contribution >= 0.6 is 0 Å². The molecule has 2 aliphatic rings. The van der Waals surface area contributed by atoms with Crippen LogP contribution in [0.15, 0.2) is 18.2 Å². The molecule has 1 unspecified atom stereocenters. The summed E-state index contributed by atoms with van der Waals surface area (Å²) in [5.74, 6) is 1.46. The third-order valence-electron chi connectivity index (χ3n) is 4.19. The van der Waals surface area contributed by atoms with Crippen molar-refractivity contribution in [2.24, 2.45) is 11.7 Å². The second-order valence-corrected chi connectivity index (χ2v) is 5.66. The zero-order valence-corrected chi connectivity index (χ0v) is 10.7.